The zero-order chi connectivity index (χ0) is 10.8. The molecule has 1 heterocycles. The first-order valence-corrected chi connectivity index (χ1v) is 6.89. The Balaban J connectivity index is 2.13. The van der Waals surface area contributed by atoms with Crippen molar-refractivity contribution in [3.63, 3.8) is 0 Å². The molecule has 1 aliphatic rings. The minimum Gasteiger partial charge on any atom is -0.327 e. The molecule has 2 unspecified atom stereocenters. The monoisotopic (exact) mass is 289 g/mol. The van der Waals surface area contributed by atoms with Crippen LogP contribution in [0.15, 0.2) is 22.7 Å². The van der Waals surface area contributed by atoms with Crippen molar-refractivity contribution in [1.29, 1.82) is 0 Å². The van der Waals surface area contributed by atoms with E-state index < -0.39 is 0 Å². The molecule has 1 aliphatic heterocycles. The van der Waals surface area contributed by atoms with Crippen LogP contribution in [0, 0.1) is 11.7 Å². The molecule has 0 amide bonds. The summed E-state index contributed by atoms with van der Waals surface area (Å²) in [6.07, 6.45) is 0.868. The molecule has 0 bridgehead atoms. The fraction of sp³-hybridized carbons (Fsp3) is 0.455. The Hall–Kier alpha value is -0.0600. The Kier molecular flexibility index (Phi) is 3.69. The van der Waals surface area contributed by atoms with Crippen molar-refractivity contribution in [3.05, 3.63) is 34.1 Å². The maximum Gasteiger partial charge on any atom is 0.137 e. The van der Waals surface area contributed by atoms with E-state index in [1.165, 1.54) is 6.07 Å². The van der Waals surface area contributed by atoms with Crippen LogP contribution >= 0.6 is 27.7 Å². The number of hydrogen-bond acceptors (Lipinski definition) is 2. The third-order valence-corrected chi connectivity index (χ3v) is 4.93. The number of thioether (sulfide) groups is 1. The van der Waals surface area contributed by atoms with Gasteiger partial charge in [-0.1, -0.05) is 12.1 Å². The Morgan fingerprint density at radius 2 is 2.27 bits per heavy atom. The Morgan fingerprint density at radius 3 is 2.93 bits per heavy atom. The molecule has 2 N–H and O–H groups in total. The highest BCUT2D eigenvalue weighted by Crippen LogP contribution is 2.29. The van der Waals surface area contributed by atoms with Crippen molar-refractivity contribution in [2.75, 3.05) is 11.5 Å². The fourth-order valence-electron chi connectivity index (χ4n) is 1.81. The van der Waals surface area contributed by atoms with Crippen LogP contribution in [-0.4, -0.2) is 17.5 Å². The fourth-order valence-corrected chi connectivity index (χ4v) is 3.59. The van der Waals surface area contributed by atoms with Gasteiger partial charge in [0.15, 0.2) is 0 Å². The SMILES string of the molecule is NC1CSCC1Cc1cccc(F)c1Br. The molecule has 1 saturated heterocycles. The number of nitrogens with two attached hydrogens (primary N) is 1. The van der Waals surface area contributed by atoms with Gasteiger partial charge in [0, 0.05) is 11.8 Å². The highest BCUT2D eigenvalue weighted by Gasteiger charge is 2.25. The van der Waals surface area contributed by atoms with Crippen molar-refractivity contribution >= 4 is 27.7 Å². The Labute approximate surface area is 102 Å². The van der Waals surface area contributed by atoms with Gasteiger partial charge in [-0.3, -0.25) is 0 Å². The van der Waals surface area contributed by atoms with Crippen molar-refractivity contribution < 1.29 is 4.39 Å². The molecule has 0 spiro atoms. The molecule has 0 aliphatic carbocycles. The molecule has 15 heavy (non-hydrogen) atoms. The second-order valence-corrected chi connectivity index (χ2v) is 5.75. The summed E-state index contributed by atoms with van der Waals surface area (Å²) in [5.41, 5.74) is 7.01. The molecule has 1 nitrogen and oxygen atoms in total. The van der Waals surface area contributed by atoms with Gasteiger partial charge in [0.25, 0.3) is 0 Å². The van der Waals surface area contributed by atoms with Crippen LogP contribution in [0.2, 0.25) is 0 Å². The molecule has 1 aromatic carbocycles. The van der Waals surface area contributed by atoms with E-state index in [4.69, 9.17) is 5.73 Å². The second kappa shape index (κ2) is 4.85. The summed E-state index contributed by atoms with van der Waals surface area (Å²) in [6.45, 7) is 0. The van der Waals surface area contributed by atoms with Crippen LogP contribution in [0.3, 0.4) is 0 Å². The predicted molar refractivity (Wildman–Crippen MR) is 66.6 cm³/mol. The average molecular weight is 290 g/mol. The van der Waals surface area contributed by atoms with Gasteiger partial charge >= 0.3 is 0 Å². The number of benzene rings is 1. The van der Waals surface area contributed by atoms with Gasteiger partial charge in [-0.2, -0.15) is 11.8 Å². The van der Waals surface area contributed by atoms with Gasteiger partial charge in [0.1, 0.15) is 5.82 Å². The first-order valence-electron chi connectivity index (χ1n) is 4.94. The van der Waals surface area contributed by atoms with Crippen LogP contribution in [0.4, 0.5) is 4.39 Å². The molecule has 0 radical (unpaired) electrons. The summed E-state index contributed by atoms with van der Waals surface area (Å²) in [5.74, 6) is 2.40. The van der Waals surface area contributed by atoms with Crippen molar-refractivity contribution in [3.8, 4) is 0 Å². The van der Waals surface area contributed by atoms with Gasteiger partial charge in [-0.05, 0) is 45.7 Å². The van der Waals surface area contributed by atoms with Gasteiger partial charge in [0.05, 0.1) is 4.47 Å². The molecule has 0 saturated carbocycles. The maximum absolute atomic E-state index is 13.3. The summed E-state index contributed by atoms with van der Waals surface area (Å²) in [5, 5.41) is 0. The van der Waals surface area contributed by atoms with Crippen molar-refractivity contribution in [2.45, 2.75) is 12.5 Å². The smallest absolute Gasteiger partial charge is 0.137 e. The van der Waals surface area contributed by atoms with E-state index in [2.05, 4.69) is 15.9 Å². The van der Waals surface area contributed by atoms with Gasteiger partial charge in [-0.25, -0.2) is 4.39 Å². The van der Waals surface area contributed by atoms with Crippen molar-refractivity contribution in [1.82, 2.24) is 0 Å². The van der Waals surface area contributed by atoms with Crippen LogP contribution in [0.1, 0.15) is 5.56 Å². The summed E-state index contributed by atoms with van der Waals surface area (Å²) < 4.78 is 13.9. The highest BCUT2D eigenvalue weighted by molar-refractivity contribution is 9.10. The summed E-state index contributed by atoms with van der Waals surface area (Å²) in [7, 11) is 0. The summed E-state index contributed by atoms with van der Waals surface area (Å²) in [4.78, 5) is 0. The lowest BCUT2D eigenvalue weighted by atomic mass is 9.95. The van der Waals surface area contributed by atoms with E-state index in [0.717, 1.165) is 23.5 Å². The summed E-state index contributed by atoms with van der Waals surface area (Å²) >= 11 is 5.17. The Bertz CT molecular complexity index is 358. The quantitative estimate of drug-likeness (QED) is 0.906. The molecule has 2 rings (SSSR count). The van der Waals surface area contributed by atoms with E-state index in [-0.39, 0.29) is 11.9 Å². The number of halogens is 2. The highest BCUT2D eigenvalue weighted by atomic mass is 79.9. The Morgan fingerprint density at radius 1 is 1.47 bits per heavy atom. The standard InChI is InChI=1S/C11H13BrFNS/c12-11-7(2-1-3-9(11)13)4-8-5-15-6-10(8)14/h1-3,8,10H,4-6,14H2. The van der Waals surface area contributed by atoms with Gasteiger partial charge < -0.3 is 5.73 Å². The van der Waals surface area contributed by atoms with Crippen LogP contribution < -0.4 is 5.73 Å². The van der Waals surface area contributed by atoms with E-state index in [1.807, 2.05) is 17.8 Å². The van der Waals surface area contributed by atoms with Crippen LogP contribution in [0.25, 0.3) is 0 Å². The maximum atomic E-state index is 13.3. The average Bonchev–Trinajstić information content (AvgIpc) is 2.60. The molecular weight excluding hydrogens is 277 g/mol. The van der Waals surface area contributed by atoms with Crippen LogP contribution in [-0.2, 0) is 6.42 Å². The largest absolute Gasteiger partial charge is 0.327 e. The molecule has 4 heteroatoms. The topological polar surface area (TPSA) is 26.0 Å². The number of rotatable bonds is 2. The lowest BCUT2D eigenvalue weighted by molar-refractivity contribution is 0.511. The van der Waals surface area contributed by atoms with Crippen LogP contribution in [0.5, 0.6) is 0 Å². The molecule has 1 aromatic rings. The predicted octanol–water partition coefficient (Wildman–Crippen LogP) is 2.82. The zero-order valence-electron chi connectivity index (χ0n) is 8.25. The van der Waals surface area contributed by atoms with Gasteiger partial charge in [-0.15, -0.1) is 0 Å². The minimum atomic E-state index is -0.188. The van der Waals surface area contributed by atoms with E-state index in [9.17, 15) is 4.39 Å². The van der Waals surface area contributed by atoms with Crippen molar-refractivity contribution in [2.24, 2.45) is 11.7 Å². The first kappa shape index (κ1) is 11.4. The van der Waals surface area contributed by atoms with E-state index in [0.29, 0.717) is 10.4 Å². The molecule has 1 fully saturated rings. The van der Waals surface area contributed by atoms with Gasteiger partial charge in [0.2, 0.25) is 0 Å². The first-order chi connectivity index (χ1) is 7.18. The molecule has 82 valence electrons. The summed E-state index contributed by atoms with van der Waals surface area (Å²) in [6, 6.07) is 5.44. The molecule has 0 aromatic heterocycles. The number of hydrogen-bond donors (Lipinski definition) is 1. The minimum absolute atomic E-state index is 0.188. The lowest BCUT2D eigenvalue weighted by Crippen LogP contribution is -2.29. The normalized spacial score (nSPS) is 25.8. The zero-order valence-corrected chi connectivity index (χ0v) is 10.7. The van der Waals surface area contributed by atoms with E-state index in [1.54, 1.807) is 6.07 Å². The third-order valence-electron chi connectivity index (χ3n) is 2.76. The third kappa shape index (κ3) is 2.55. The second-order valence-electron chi connectivity index (χ2n) is 3.88. The van der Waals surface area contributed by atoms with E-state index >= 15 is 0 Å². The lowest BCUT2D eigenvalue weighted by Gasteiger charge is -2.15. The molecular formula is C11H13BrFNS. The molecule has 2 atom stereocenters.